The molecule has 2 aromatic heterocycles. The van der Waals surface area contributed by atoms with Gasteiger partial charge >= 0.3 is 6.01 Å². The van der Waals surface area contributed by atoms with Gasteiger partial charge in [0.2, 0.25) is 0 Å². The number of likely N-dealkylation sites (N-methyl/N-ethyl adjacent to an activating group) is 1. The molecule has 3 atom stereocenters. The number of nitrogens with one attached hydrogen (secondary N) is 2. The van der Waals surface area contributed by atoms with Crippen LogP contribution in [0.5, 0.6) is 6.01 Å². The number of ether oxygens (including phenoxy) is 1. The Morgan fingerprint density at radius 1 is 1.03 bits per heavy atom. The van der Waals surface area contributed by atoms with Gasteiger partial charge in [0.25, 0.3) is 0 Å². The van der Waals surface area contributed by atoms with Crippen LogP contribution in [0.15, 0.2) is 42.6 Å². The van der Waals surface area contributed by atoms with Crippen molar-refractivity contribution in [2.24, 2.45) is 0 Å². The van der Waals surface area contributed by atoms with E-state index in [1.165, 1.54) is 25.3 Å². The highest BCUT2D eigenvalue weighted by molar-refractivity contribution is 5.99. The van der Waals surface area contributed by atoms with Crippen molar-refractivity contribution in [2.75, 3.05) is 38.2 Å². The number of hydrogen-bond donors (Lipinski definition) is 2. The summed E-state index contributed by atoms with van der Waals surface area (Å²) in [6.45, 7) is 3.52. The van der Waals surface area contributed by atoms with Gasteiger partial charge in [0.15, 0.2) is 0 Å². The number of fused-ring (bicyclic) bond motifs is 4. The number of nitrogens with zero attached hydrogens (tertiary/aromatic N) is 4. The zero-order valence-electron chi connectivity index (χ0n) is 20.5. The summed E-state index contributed by atoms with van der Waals surface area (Å²) in [5, 5.41) is 5.55. The van der Waals surface area contributed by atoms with Crippen molar-refractivity contribution in [3.63, 3.8) is 0 Å². The second kappa shape index (κ2) is 8.71. The van der Waals surface area contributed by atoms with E-state index in [1.54, 1.807) is 6.07 Å². The average molecular weight is 487 g/mol. The molecule has 0 radical (unpaired) electrons. The predicted octanol–water partition coefficient (Wildman–Crippen LogP) is 4.33. The number of benzene rings is 2. The zero-order valence-corrected chi connectivity index (χ0v) is 20.5. The van der Waals surface area contributed by atoms with Gasteiger partial charge in [0.05, 0.1) is 5.52 Å². The van der Waals surface area contributed by atoms with Crippen molar-refractivity contribution in [3.8, 4) is 17.1 Å². The molecule has 3 saturated heterocycles. The van der Waals surface area contributed by atoms with Gasteiger partial charge < -0.3 is 24.8 Å². The summed E-state index contributed by atoms with van der Waals surface area (Å²) in [5.74, 6) is 0.676. The van der Waals surface area contributed by atoms with Gasteiger partial charge in [0, 0.05) is 59.3 Å². The molecule has 0 unspecified atom stereocenters. The lowest BCUT2D eigenvalue weighted by atomic mass is 9.99. The third-order valence-corrected chi connectivity index (χ3v) is 8.22. The van der Waals surface area contributed by atoms with E-state index in [2.05, 4.69) is 27.1 Å². The van der Waals surface area contributed by atoms with Crippen LogP contribution in [-0.4, -0.2) is 71.3 Å². The van der Waals surface area contributed by atoms with Crippen LogP contribution in [0, 0.1) is 5.82 Å². The number of anilines is 1. The quantitative estimate of drug-likeness (QED) is 0.438. The first kappa shape index (κ1) is 22.0. The molecular weight excluding hydrogens is 455 g/mol. The first-order valence-electron chi connectivity index (χ1n) is 13.0. The minimum absolute atomic E-state index is 0.241. The van der Waals surface area contributed by atoms with Crippen molar-refractivity contribution in [1.82, 2.24) is 25.2 Å². The fourth-order valence-corrected chi connectivity index (χ4v) is 6.28. The Balaban J connectivity index is 1.32. The van der Waals surface area contributed by atoms with Gasteiger partial charge in [-0.3, -0.25) is 0 Å². The second-order valence-electron chi connectivity index (χ2n) is 10.6. The third-order valence-electron chi connectivity index (χ3n) is 8.22. The smallest absolute Gasteiger partial charge is 0.319 e. The molecule has 5 heterocycles. The van der Waals surface area contributed by atoms with Crippen LogP contribution in [0.25, 0.3) is 32.9 Å². The molecule has 0 spiro atoms. The maximum atomic E-state index is 15.1. The van der Waals surface area contributed by atoms with Gasteiger partial charge in [-0.15, -0.1) is 0 Å². The Bertz CT molecular complexity index is 1420. The minimum Gasteiger partial charge on any atom is -0.462 e. The predicted molar refractivity (Wildman–Crippen MR) is 140 cm³/mol. The van der Waals surface area contributed by atoms with Crippen LogP contribution >= 0.6 is 0 Å². The van der Waals surface area contributed by atoms with Crippen LogP contribution < -0.4 is 15.0 Å². The summed E-state index contributed by atoms with van der Waals surface area (Å²) in [5.41, 5.74) is 3.09. The van der Waals surface area contributed by atoms with Crippen LogP contribution in [0.4, 0.5) is 10.2 Å². The van der Waals surface area contributed by atoms with E-state index >= 15 is 4.39 Å². The topological polar surface area (TPSA) is 69.3 Å². The van der Waals surface area contributed by atoms with Gasteiger partial charge in [-0.25, -0.2) is 4.39 Å². The molecule has 186 valence electrons. The molecule has 4 aromatic rings. The lowest BCUT2D eigenvalue weighted by Gasteiger charge is -2.34. The zero-order chi connectivity index (χ0) is 24.2. The van der Waals surface area contributed by atoms with Crippen molar-refractivity contribution >= 4 is 27.6 Å². The maximum Gasteiger partial charge on any atom is 0.319 e. The highest BCUT2D eigenvalue weighted by Gasteiger charge is 2.34. The molecule has 36 heavy (non-hydrogen) atoms. The van der Waals surface area contributed by atoms with E-state index < -0.39 is 0 Å². The molecule has 0 amide bonds. The molecule has 3 aliphatic rings. The first-order valence-corrected chi connectivity index (χ1v) is 13.0. The van der Waals surface area contributed by atoms with Gasteiger partial charge in [-0.1, -0.05) is 6.07 Å². The van der Waals surface area contributed by atoms with E-state index in [0.717, 1.165) is 59.2 Å². The second-order valence-corrected chi connectivity index (χ2v) is 10.6. The number of piperazine rings is 1. The van der Waals surface area contributed by atoms with Crippen LogP contribution in [0.2, 0.25) is 0 Å². The number of halogens is 1. The number of aromatic nitrogens is 3. The molecule has 3 aliphatic heterocycles. The molecule has 3 fully saturated rings. The van der Waals surface area contributed by atoms with E-state index in [0.29, 0.717) is 36.3 Å². The SMILES string of the molecule is CN1CCC[C@H]1COc1nc(N2C[C@H]3CC[C@@H](C2)N3)c2ccc(-c3c(F)ccc4[nH]ccc34)cc2n1. The Labute approximate surface area is 209 Å². The van der Waals surface area contributed by atoms with Gasteiger partial charge in [0.1, 0.15) is 18.2 Å². The summed E-state index contributed by atoms with van der Waals surface area (Å²) in [7, 11) is 2.15. The molecule has 7 nitrogen and oxygen atoms in total. The van der Waals surface area contributed by atoms with E-state index in [1.807, 2.05) is 30.5 Å². The van der Waals surface area contributed by atoms with E-state index in [-0.39, 0.29) is 5.82 Å². The lowest BCUT2D eigenvalue weighted by Crippen LogP contribution is -2.51. The van der Waals surface area contributed by atoms with Crippen molar-refractivity contribution < 1.29 is 9.13 Å². The largest absolute Gasteiger partial charge is 0.462 e. The fraction of sp³-hybridized carbons (Fsp3) is 0.429. The molecule has 2 bridgehead atoms. The summed E-state index contributed by atoms with van der Waals surface area (Å²) in [6.07, 6.45) is 6.57. The van der Waals surface area contributed by atoms with Crippen LogP contribution in [0.3, 0.4) is 0 Å². The van der Waals surface area contributed by atoms with E-state index in [9.17, 15) is 0 Å². The number of hydrogen-bond acceptors (Lipinski definition) is 6. The summed E-state index contributed by atoms with van der Waals surface area (Å²) >= 11 is 0. The maximum absolute atomic E-state index is 15.1. The molecular formula is C28H31FN6O. The fourth-order valence-electron chi connectivity index (χ4n) is 6.28. The Hall–Kier alpha value is -3.23. The average Bonchev–Trinajstić information content (AvgIpc) is 3.61. The lowest BCUT2D eigenvalue weighted by molar-refractivity contribution is 0.188. The number of rotatable bonds is 5. The summed E-state index contributed by atoms with van der Waals surface area (Å²) in [6, 6.07) is 13.0. The Kier molecular flexibility index (Phi) is 5.32. The molecule has 2 N–H and O–H groups in total. The monoisotopic (exact) mass is 486 g/mol. The van der Waals surface area contributed by atoms with Gasteiger partial charge in [-0.2, -0.15) is 9.97 Å². The number of aromatic amines is 1. The van der Waals surface area contributed by atoms with Gasteiger partial charge in [-0.05, 0) is 75.2 Å². The first-order chi connectivity index (χ1) is 17.6. The van der Waals surface area contributed by atoms with Crippen LogP contribution in [0.1, 0.15) is 25.7 Å². The normalized spacial score (nSPS) is 24.3. The minimum atomic E-state index is -0.241. The van der Waals surface area contributed by atoms with E-state index in [4.69, 9.17) is 14.7 Å². The number of likely N-dealkylation sites (tertiary alicyclic amines) is 1. The Morgan fingerprint density at radius 3 is 2.69 bits per heavy atom. The van der Waals surface area contributed by atoms with Crippen molar-refractivity contribution in [2.45, 2.75) is 43.8 Å². The highest BCUT2D eigenvalue weighted by Crippen LogP contribution is 2.36. The van der Waals surface area contributed by atoms with Crippen LogP contribution in [-0.2, 0) is 0 Å². The highest BCUT2D eigenvalue weighted by atomic mass is 19.1. The summed E-state index contributed by atoms with van der Waals surface area (Å²) in [4.78, 5) is 17.7. The van der Waals surface area contributed by atoms with Crippen molar-refractivity contribution in [3.05, 3.63) is 48.4 Å². The molecule has 0 saturated carbocycles. The third kappa shape index (κ3) is 3.79. The molecule has 2 aromatic carbocycles. The summed E-state index contributed by atoms with van der Waals surface area (Å²) < 4.78 is 21.3. The standard InChI is InChI=1S/C28H31FN6O/c1-34-12-2-3-20(34)16-36-28-32-25-13-17(26-21-10-11-30-24(21)9-8-23(26)29)4-7-22(25)27(33-28)35-14-18-5-6-19(15-35)31-18/h4,7-11,13,18-20,30-31H,2-3,5-6,12,14-16H2,1H3/t18-,19+,20-/m0/s1. The van der Waals surface area contributed by atoms with Crippen molar-refractivity contribution in [1.29, 1.82) is 0 Å². The molecule has 8 heteroatoms. The molecule has 0 aliphatic carbocycles. The molecule has 7 rings (SSSR count). The Morgan fingerprint density at radius 2 is 1.89 bits per heavy atom. The number of H-pyrrole nitrogens is 1.